The number of ether oxygens (including phenoxy) is 1. The first-order valence-electron chi connectivity index (χ1n) is 4.96. The van der Waals surface area contributed by atoms with E-state index in [9.17, 15) is 0 Å². The van der Waals surface area contributed by atoms with Crippen LogP contribution in [0.4, 0.5) is 0 Å². The van der Waals surface area contributed by atoms with Crippen LogP contribution in [-0.4, -0.2) is 11.6 Å². The standard InChI is InChI=1S/C11H13BrN2O/c12-9-5-8(6-14-7-9)11(13)10-3-1-2-4-15-10/h3,5-7,11H,1-2,4,13H2. The molecule has 2 N–H and O–H groups in total. The Hall–Kier alpha value is -0.870. The van der Waals surface area contributed by atoms with E-state index in [0.29, 0.717) is 0 Å². The maximum Gasteiger partial charge on any atom is 0.113 e. The van der Waals surface area contributed by atoms with Crippen molar-refractivity contribution < 1.29 is 4.74 Å². The highest BCUT2D eigenvalue weighted by atomic mass is 79.9. The lowest BCUT2D eigenvalue weighted by Crippen LogP contribution is -2.18. The fourth-order valence-corrected chi connectivity index (χ4v) is 1.94. The SMILES string of the molecule is NC(C1=CCCCO1)c1cncc(Br)c1. The Morgan fingerprint density at radius 3 is 3.00 bits per heavy atom. The second kappa shape index (κ2) is 4.77. The zero-order valence-electron chi connectivity index (χ0n) is 8.32. The van der Waals surface area contributed by atoms with Gasteiger partial charge in [0.15, 0.2) is 0 Å². The van der Waals surface area contributed by atoms with Crippen LogP contribution in [0.3, 0.4) is 0 Å². The van der Waals surface area contributed by atoms with Crippen LogP contribution >= 0.6 is 15.9 Å². The van der Waals surface area contributed by atoms with E-state index in [0.717, 1.165) is 35.2 Å². The van der Waals surface area contributed by atoms with E-state index in [2.05, 4.69) is 27.0 Å². The van der Waals surface area contributed by atoms with E-state index in [-0.39, 0.29) is 6.04 Å². The minimum Gasteiger partial charge on any atom is -0.496 e. The molecule has 0 aliphatic carbocycles. The molecule has 3 nitrogen and oxygen atoms in total. The molecule has 1 atom stereocenters. The number of nitrogens with zero attached hydrogens (tertiary/aromatic N) is 1. The van der Waals surface area contributed by atoms with Crippen molar-refractivity contribution in [1.29, 1.82) is 0 Å². The second-order valence-electron chi connectivity index (χ2n) is 3.51. The van der Waals surface area contributed by atoms with Crippen LogP contribution in [0.1, 0.15) is 24.4 Å². The van der Waals surface area contributed by atoms with Gasteiger partial charge in [0.1, 0.15) is 5.76 Å². The summed E-state index contributed by atoms with van der Waals surface area (Å²) in [6.07, 6.45) is 7.70. The lowest BCUT2D eigenvalue weighted by molar-refractivity contribution is 0.176. The van der Waals surface area contributed by atoms with Gasteiger partial charge < -0.3 is 10.5 Å². The van der Waals surface area contributed by atoms with Gasteiger partial charge in [-0.1, -0.05) is 0 Å². The Morgan fingerprint density at radius 1 is 1.47 bits per heavy atom. The van der Waals surface area contributed by atoms with Crippen LogP contribution in [0, 0.1) is 0 Å². The van der Waals surface area contributed by atoms with Crippen LogP contribution in [0.2, 0.25) is 0 Å². The number of nitrogens with two attached hydrogens (primary N) is 1. The maximum atomic E-state index is 6.08. The highest BCUT2D eigenvalue weighted by molar-refractivity contribution is 9.10. The summed E-state index contributed by atoms with van der Waals surface area (Å²) in [6, 6.07) is 1.77. The first-order chi connectivity index (χ1) is 7.27. The van der Waals surface area contributed by atoms with Gasteiger partial charge in [-0.15, -0.1) is 0 Å². The normalized spacial score (nSPS) is 17.9. The molecule has 2 rings (SSSR count). The van der Waals surface area contributed by atoms with Gasteiger partial charge in [0.2, 0.25) is 0 Å². The predicted octanol–water partition coefficient (Wildman–Crippen LogP) is 2.54. The molecule has 1 aliphatic heterocycles. The molecule has 1 unspecified atom stereocenters. The largest absolute Gasteiger partial charge is 0.496 e. The van der Waals surface area contributed by atoms with Crippen molar-refractivity contribution in [2.45, 2.75) is 18.9 Å². The smallest absolute Gasteiger partial charge is 0.113 e. The molecule has 0 spiro atoms. The first-order valence-corrected chi connectivity index (χ1v) is 5.75. The zero-order chi connectivity index (χ0) is 10.7. The van der Waals surface area contributed by atoms with Crippen LogP contribution in [-0.2, 0) is 4.74 Å². The van der Waals surface area contributed by atoms with Crippen LogP contribution in [0.5, 0.6) is 0 Å². The molecule has 0 amide bonds. The quantitative estimate of drug-likeness (QED) is 0.897. The summed E-state index contributed by atoms with van der Waals surface area (Å²) < 4.78 is 6.46. The van der Waals surface area contributed by atoms with Gasteiger partial charge in [-0.25, -0.2) is 0 Å². The summed E-state index contributed by atoms with van der Waals surface area (Å²) in [5.74, 6) is 0.862. The lowest BCUT2D eigenvalue weighted by Gasteiger charge is -2.20. The van der Waals surface area contributed by atoms with Crippen molar-refractivity contribution >= 4 is 15.9 Å². The van der Waals surface area contributed by atoms with Crippen LogP contribution < -0.4 is 5.73 Å². The number of halogens is 1. The Kier molecular flexibility index (Phi) is 3.38. The summed E-state index contributed by atoms with van der Waals surface area (Å²) in [7, 11) is 0. The number of pyridine rings is 1. The van der Waals surface area contributed by atoms with Gasteiger partial charge in [0, 0.05) is 16.9 Å². The molecule has 0 radical (unpaired) electrons. The van der Waals surface area contributed by atoms with Crippen molar-refractivity contribution in [3.8, 4) is 0 Å². The summed E-state index contributed by atoms with van der Waals surface area (Å²) in [5.41, 5.74) is 7.05. The van der Waals surface area contributed by atoms with Crippen molar-refractivity contribution in [1.82, 2.24) is 4.98 Å². The number of rotatable bonds is 2. The molecule has 0 bridgehead atoms. The van der Waals surface area contributed by atoms with Gasteiger partial charge in [0.25, 0.3) is 0 Å². The molecule has 15 heavy (non-hydrogen) atoms. The summed E-state index contributed by atoms with van der Waals surface area (Å²) in [6.45, 7) is 0.765. The number of allylic oxidation sites excluding steroid dienone is 1. The minimum absolute atomic E-state index is 0.199. The molecule has 1 aromatic heterocycles. The van der Waals surface area contributed by atoms with Crippen molar-refractivity contribution in [3.05, 3.63) is 40.3 Å². The first kappa shape index (κ1) is 10.6. The third-order valence-corrected chi connectivity index (χ3v) is 2.79. The number of hydrogen-bond acceptors (Lipinski definition) is 3. The van der Waals surface area contributed by atoms with Gasteiger partial charge in [-0.05, 0) is 46.5 Å². The van der Waals surface area contributed by atoms with E-state index >= 15 is 0 Å². The molecule has 0 saturated carbocycles. The summed E-state index contributed by atoms with van der Waals surface area (Å²) >= 11 is 3.38. The number of hydrogen-bond donors (Lipinski definition) is 1. The van der Waals surface area contributed by atoms with Gasteiger partial charge in [0.05, 0.1) is 12.6 Å². The Balaban J connectivity index is 2.19. The third-order valence-electron chi connectivity index (χ3n) is 2.35. The van der Waals surface area contributed by atoms with E-state index in [1.54, 1.807) is 12.4 Å². The molecule has 4 heteroatoms. The Labute approximate surface area is 97.5 Å². The minimum atomic E-state index is -0.199. The zero-order valence-corrected chi connectivity index (χ0v) is 9.90. The Morgan fingerprint density at radius 2 is 2.33 bits per heavy atom. The average Bonchev–Trinajstić information content (AvgIpc) is 2.29. The van der Waals surface area contributed by atoms with E-state index < -0.39 is 0 Å². The van der Waals surface area contributed by atoms with E-state index in [4.69, 9.17) is 10.5 Å². The summed E-state index contributed by atoms with van der Waals surface area (Å²) in [4.78, 5) is 4.09. The highest BCUT2D eigenvalue weighted by Crippen LogP contribution is 2.24. The fraction of sp³-hybridized carbons (Fsp3) is 0.364. The molecular weight excluding hydrogens is 256 g/mol. The highest BCUT2D eigenvalue weighted by Gasteiger charge is 2.15. The molecular formula is C11H13BrN2O. The molecule has 0 fully saturated rings. The van der Waals surface area contributed by atoms with Gasteiger partial charge in [-0.2, -0.15) is 0 Å². The average molecular weight is 269 g/mol. The van der Waals surface area contributed by atoms with E-state index in [1.807, 2.05) is 6.07 Å². The topological polar surface area (TPSA) is 48.1 Å². The van der Waals surface area contributed by atoms with E-state index in [1.165, 1.54) is 0 Å². The van der Waals surface area contributed by atoms with Crippen molar-refractivity contribution in [3.63, 3.8) is 0 Å². The van der Waals surface area contributed by atoms with Crippen LogP contribution in [0.15, 0.2) is 34.8 Å². The molecule has 1 aromatic rings. The third kappa shape index (κ3) is 2.58. The van der Waals surface area contributed by atoms with Gasteiger partial charge in [-0.3, -0.25) is 4.98 Å². The lowest BCUT2D eigenvalue weighted by atomic mass is 10.1. The van der Waals surface area contributed by atoms with Crippen LogP contribution in [0.25, 0.3) is 0 Å². The second-order valence-corrected chi connectivity index (χ2v) is 4.43. The Bertz CT molecular complexity index is 379. The molecule has 2 heterocycles. The predicted molar refractivity (Wildman–Crippen MR) is 62.1 cm³/mol. The number of aromatic nitrogens is 1. The molecule has 0 aromatic carbocycles. The molecule has 0 saturated heterocycles. The maximum absolute atomic E-state index is 6.08. The van der Waals surface area contributed by atoms with Crippen molar-refractivity contribution in [2.24, 2.45) is 5.73 Å². The van der Waals surface area contributed by atoms with Gasteiger partial charge >= 0.3 is 0 Å². The molecule has 80 valence electrons. The molecule has 1 aliphatic rings. The monoisotopic (exact) mass is 268 g/mol. The summed E-state index contributed by atoms with van der Waals surface area (Å²) in [5, 5.41) is 0. The fourth-order valence-electron chi connectivity index (χ4n) is 1.56. The van der Waals surface area contributed by atoms with Crippen molar-refractivity contribution in [2.75, 3.05) is 6.61 Å².